The summed E-state index contributed by atoms with van der Waals surface area (Å²) in [6.45, 7) is 19.6. The molecule has 5 fully saturated rings. The van der Waals surface area contributed by atoms with E-state index in [1.54, 1.807) is 12.1 Å². The van der Waals surface area contributed by atoms with E-state index in [1.807, 2.05) is 12.1 Å². The van der Waals surface area contributed by atoms with Crippen LogP contribution in [0.4, 0.5) is 0 Å². The lowest BCUT2D eigenvalue weighted by atomic mass is 9.32. The van der Waals surface area contributed by atoms with Gasteiger partial charge in [0.15, 0.2) is 0 Å². The Morgan fingerprint density at radius 1 is 0.886 bits per heavy atom. The number of fused-ring (bicyclic) bond motifs is 7. The average Bonchev–Trinajstić information content (AvgIpc) is 3.37. The standard InChI is InChI=1S/C39H57NO4/c1-24(2)26-14-20-39(34(44)40-23-17-25-10-8-9-11-27(25)33(42)43)22-21-37(6)28(32(26)39)12-13-30-36(5)18-16-31(41)35(3,4)29(36)15-19-38(30,37)7/h8-11,26,28-32,41H,1,12-23H2,2-7H3,(H,40,44)(H,42,43)/t26-,28+,29?,30?,31-,32?,36-,37+,38+,39-/m0/s1. The second kappa shape index (κ2) is 10.7. The van der Waals surface area contributed by atoms with Gasteiger partial charge in [-0.05, 0) is 140 Å². The van der Waals surface area contributed by atoms with Crippen molar-refractivity contribution in [1.29, 1.82) is 0 Å². The number of hydrogen-bond donors (Lipinski definition) is 3. The van der Waals surface area contributed by atoms with E-state index in [2.05, 4.69) is 53.4 Å². The van der Waals surface area contributed by atoms with Gasteiger partial charge >= 0.3 is 5.97 Å². The number of rotatable bonds is 6. The zero-order valence-corrected chi connectivity index (χ0v) is 28.2. The van der Waals surface area contributed by atoms with Gasteiger partial charge in [0.2, 0.25) is 5.91 Å². The predicted octanol–water partition coefficient (Wildman–Crippen LogP) is 8.06. The van der Waals surface area contributed by atoms with Crippen LogP contribution in [0, 0.1) is 56.7 Å². The van der Waals surface area contributed by atoms with E-state index in [9.17, 15) is 19.8 Å². The zero-order chi connectivity index (χ0) is 31.9. The summed E-state index contributed by atoms with van der Waals surface area (Å²) in [7, 11) is 0. The largest absolute Gasteiger partial charge is 0.478 e. The molecule has 5 nitrogen and oxygen atoms in total. The molecule has 1 aromatic carbocycles. The first-order valence-corrected chi connectivity index (χ1v) is 17.6. The van der Waals surface area contributed by atoms with Crippen molar-refractivity contribution in [3.63, 3.8) is 0 Å². The highest BCUT2D eigenvalue weighted by Crippen LogP contribution is 2.77. The van der Waals surface area contributed by atoms with Crippen LogP contribution in [0.1, 0.15) is 122 Å². The maximum Gasteiger partial charge on any atom is 0.335 e. The molecule has 0 radical (unpaired) electrons. The van der Waals surface area contributed by atoms with Crippen LogP contribution in [0.5, 0.6) is 0 Å². The van der Waals surface area contributed by atoms with Gasteiger partial charge < -0.3 is 15.5 Å². The van der Waals surface area contributed by atoms with Crippen molar-refractivity contribution < 1.29 is 19.8 Å². The number of carboxylic acid groups (broad SMARTS) is 1. The molecule has 0 heterocycles. The van der Waals surface area contributed by atoms with E-state index in [4.69, 9.17) is 0 Å². The summed E-state index contributed by atoms with van der Waals surface area (Å²) in [6.07, 6.45) is 11.1. The molecule has 0 spiro atoms. The molecule has 0 aromatic heterocycles. The van der Waals surface area contributed by atoms with Gasteiger partial charge in [-0.2, -0.15) is 0 Å². The Hall–Kier alpha value is -2.14. The monoisotopic (exact) mass is 603 g/mol. The number of aromatic carboxylic acids is 1. The van der Waals surface area contributed by atoms with Crippen LogP contribution in [0.2, 0.25) is 0 Å². The summed E-state index contributed by atoms with van der Waals surface area (Å²) in [6, 6.07) is 7.13. The first-order chi connectivity index (χ1) is 20.6. The Kier molecular flexibility index (Phi) is 7.75. The van der Waals surface area contributed by atoms with E-state index in [-0.39, 0.29) is 39.1 Å². The Morgan fingerprint density at radius 2 is 1.61 bits per heavy atom. The van der Waals surface area contributed by atoms with Crippen LogP contribution in [0.3, 0.4) is 0 Å². The van der Waals surface area contributed by atoms with E-state index in [0.717, 1.165) is 44.1 Å². The summed E-state index contributed by atoms with van der Waals surface area (Å²) in [5.41, 5.74) is 2.52. The molecule has 3 unspecified atom stereocenters. The molecule has 1 amide bonds. The van der Waals surface area contributed by atoms with Crippen molar-refractivity contribution >= 4 is 11.9 Å². The summed E-state index contributed by atoms with van der Waals surface area (Å²) in [4.78, 5) is 26.1. The normalized spacial score (nSPS) is 44.0. The minimum atomic E-state index is -0.919. The number of aliphatic hydroxyl groups excluding tert-OH is 1. The Morgan fingerprint density at radius 3 is 2.32 bits per heavy atom. The van der Waals surface area contributed by atoms with Crippen molar-refractivity contribution in [2.24, 2.45) is 56.7 Å². The van der Waals surface area contributed by atoms with Gasteiger partial charge in [-0.3, -0.25) is 4.79 Å². The van der Waals surface area contributed by atoms with Crippen molar-refractivity contribution in [2.45, 2.75) is 118 Å². The minimum absolute atomic E-state index is 0.0482. The number of aliphatic hydroxyl groups is 1. The van der Waals surface area contributed by atoms with Crippen molar-refractivity contribution in [3.8, 4) is 0 Å². The predicted molar refractivity (Wildman–Crippen MR) is 175 cm³/mol. The SMILES string of the molecule is C=C(C)[C@@H]1CC[C@]2(C(=O)NCCc3ccccc3C(=O)O)CC[C@]3(C)[C@H](CCC4[C@@]5(C)CC[C@H](O)C(C)(C)C5CC[C@]43C)C12. The van der Waals surface area contributed by atoms with Crippen LogP contribution in [-0.2, 0) is 11.2 Å². The van der Waals surface area contributed by atoms with Crippen LogP contribution in [-0.4, -0.2) is 34.7 Å². The van der Waals surface area contributed by atoms with E-state index >= 15 is 0 Å². The molecule has 0 saturated heterocycles. The van der Waals surface area contributed by atoms with Crippen molar-refractivity contribution in [2.75, 3.05) is 6.54 Å². The molecule has 5 aliphatic rings. The first kappa shape index (κ1) is 31.8. The van der Waals surface area contributed by atoms with Gasteiger partial charge in [-0.15, -0.1) is 0 Å². The number of amides is 1. The highest BCUT2D eigenvalue weighted by Gasteiger charge is 2.71. The topological polar surface area (TPSA) is 86.6 Å². The maximum absolute atomic E-state index is 14.4. The van der Waals surface area contributed by atoms with E-state index in [0.29, 0.717) is 48.1 Å². The number of nitrogens with one attached hydrogen (secondary N) is 1. The Bertz CT molecular complexity index is 1330. The quantitative estimate of drug-likeness (QED) is 0.287. The van der Waals surface area contributed by atoms with Crippen LogP contribution in [0.25, 0.3) is 0 Å². The number of allylic oxidation sites excluding steroid dienone is 1. The molecule has 0 aliphatic heterocycles. The fraction of sp³-hybridized carbons (Fsp3) is 0.744. The molecular weight excluding hydrogens is 546 g/mol. The first-order valence-electron chi connectivity index (χ1n) is 17.6. The molecule has 242 valence electrons. The average molecular weight is 604 g/mol. The van der Waals surface area contributed by atoms with Crippen LogP contribution < -0.4 is 5.32 Å². The van der Waals surface area contributed by atoms with Crippen LogP contribution >= 0.6 is 0 Å². The van der Waals surface area contributed by atoms with Gasteiger partial charge in [-0.25, -0.2) is 4.79 Å². The summed E-state index contributed by atoms with van der Waals surface area (Å²) >= 11 is 0. The molecule has 10 atom stereocenters. The maximum atomic E-state index is 14.4. The lowest BCUT2D eigenvalue weighted by molar-refractivity contribution is -0.246. The molecule has 3 N–H and O–H groups in total. The Balaban J connectivity index is 1.28. The third kappa shape index (κ3) is 4.33. The molecule has 6 rings (SSSR count). The molecule has 44 heavy (non-hydrogen) atoms. The van der Waals surface area contributed by atoms with Gasteiger partial charge in [0.25, 0.3) is 0 Å². The van der Waals surface area contributed by atoms with Gasteiger partial charge in [0, 0.05) is 6.54 Å². The lowest BCUT2D eigenvalue weighted by Crippen LogP contribution is -2.67. The number of benzene rings is 1. The fourth-order valence-electron chi connectivity index (χ4n) is 13.0. The molecule has 1 aromatic rings. The summed E-state index contributed by atoms with van der Waals surface area (Å²) in [5.74, 6) is 1.62. The van der Waals surface area contributed by atoms with Crippen LogP contribution in [0.15, 0.2) is 36.4 Å². The molecule has 0 bridgehead atoms. The number of carbonyl (C=O) groups excluding carboxylic acids is 1. The number of hydrogen-bond acceptors (Lipinski definition) is 3. The second-order valence-corrected chi connectivity index (χ2v) is 17.2. The zero-order valence-electron chi connectivity index (χ0n) is 28.2. The number of carboxylic acids is 1. The van der Waals surface area contributed by atoms with Gasteiger partial charge in [0.05, 0.1) is 17.1 Å². The molecule has 5 saturated carbocycles. The highest BCUT2D eigenvalue weighted by molar-refractivity contribution is 5.89. The Labute approximate surface area is 265 Å². The van der Waals surface area contributed by atoms with E-state index < -0.39 is 5.97 Å². The van der Waals surface area contributed by atoms with Crippen molar-refractivity contribution in [1.82, 2.24) is 5.32 Å². The summed E-state index contributed by atoms with van der Waals surface area (Å²) < 4.78 is 0. The van der Waals surface area contributed by atoms with Crippen molar-refractivity contribution in [3.05, 3.63) is 47.5 Å². The van der Waals surface area contributed by atoms with Gasteiger partial charge in [-0.1, -0.05) is 65.0 Å². The molecule has 5 aliphatic carbocycles. The smallest absolute Gasteiger partial charge is 0.335 e. The lowest BCUT2D eigenvalue weighted by Gasteiger charge is -2.72. The number of carbonyl (C=O) groups is 2. The molecular formula is C39H57NO4. The molecule has 5 heteroatoms. The fourth-order valence-corrected chi connectivity index (χ4v) is 13.0. The van der Waals surface area contributed by atoms with E-state index in [1.165, 1.54) is 31.3 Å². The third-order valence-electron chi connectivity index (χ3n) is 15.4. The second-order valence-electron chi connectivity index (χ2n) is 17.2. The summed E-state index contributed by atoms with van der Waals surface area (Å²) in [5, 5.41) is 24.0. The third-order valence-corrected chi connectivity index (χ3v) is 15.4. The van der Waals surface area contributed by atoms with Gasteiger partial charge in [0.1, 0.15) is 0 Å². The highest BCUT2D eigenvalue weighted by atomic mass is 16.4. The minimum Gasteiger partial charge on any atom is -0.478 e.